The Balaban J connectivity index is 1.55. The number of nitrogens with zero attached hydrogens (tertiary/aromatic N) is 3. The molecule has 0 fully saturated rings. The first kappa shape index (κ1) is 19.0. The normalized spacial score (nSPS) is 14.2. The minimum atomic E-state index is -0.0535. The molecular weight excluding hydrogens is 470 g/mol. The smallest absolute Gasteiger partial charge is 0.169 e. The van der Waals surface area contributed by atoms with Crippen molar-refractivity contribution in [3.63, 3.8) is 0 Å². The second-order valence-electron chi connectivity index (χ2n) is 9.32. The molecule has 2 aromatic heterocycles. The van der Waals surface area contributed by atoms with Crippen molar-refractivity contribution < 1.29 is 0 Å². The van der Waals surface area contributed by atoms with Crippen LogP contribution in [-0.4, -0.2) is 14.6 Å². The summed E-state index contributed by atoms with van der Waals surface area (Å²) >= 11 is 3.66. The minimum absolute atomic E-state index is 0.0535. The molecule has 6 aromatic rings. The molecule has 0 amide bonds. The number of rotatable bonds is 1. The van der Waals surface area contributed by atoms with Gasteiger partial charge in [0.05, 0.1) is 5.52 Å². The maximum absolute atomic E-state index is 4.71. The van der Waals surface area contributed by atoms with E-state index in [0.29, 0.717) is 0 Å². The highest BCUT2D eigenvalue weighted by Gasteiger charge is 2.35. The zero-order valence-corrected chi connectivity index (χ0v) is 19.9. The number of benzene rings is 4. The van der Waals surface area contributed by atoms with Crippen LogP contribution in [0.1, 0.15) is 25.0 Å². The fraction of sp³-hybridized carbons (Fsp3) is 0.103. The first-order chi connectivity index (χ1) is 16.0. The van der Waals surface area contributed by atoms with Gasteiger partial charge >= 0.3 is 0 Å². The molecule has 0 radical (unpaired) electrons. The quantitative estimate of drug-likeness (QED) is 0.221. The van der Waals surface area contributed by atoms with Crippen molar-refractivity contribution in [1.29, 1.82) is 0 Å². The zero-order chi connectivity index (χ0) is 22.3. The highest BCUT2D eigenvalue weighted by Crippen LogP contribution is 2.49. The largest absolute Gasteiger partial charge is 0.274 e. The Morgan fingerprint density at radius 3 is 2.33 bits per heavy atom. The fourth-order valence-electron chi connectivity index (χ4n) is 5.55. The second-order valence-corrected chi connectivity index (χ2v) is 10.2. The van der Waals surface area contributed by atoms with Gasteiger partial charge in [-0.15, -0.1) is 10.2 Å². The predicted octanol–water partition coefficient (Wildman–Crippen LogP) is 7.77. The van der Waals surface area contributed by atoms with E-state index in [1.807, 2.05) is 0 Å². The van der Waals surface area contributed by atoms with E-state index in [1.54, 1.807) is 0 Å². The van der Waals surface area contributed by atoms with Gasteiger partial charge in [-0.2, -0.15) is 0 Å². The lowest BCUT2D eigenvalue weighted by Crippen LogP contribution is -2.15. The van der Waals surface area contributed by atoms with E-state index in [-0.39, 0.29) is 5.41 Å². The number of hydrogen-bond acceptors (Lipinski definition) is 2. The second kappa shape index (κ2) is 6.52. The van der Waals surface area contributed by atoms with Crippen LogP contribution in [0.25, 0.3) is 49.8 Å². The lowest BCUT2D eigenvalue weighted by Gasteiger charge is -2.21. The summed E-state index contributed by atoms with van der Waals surface area (Å²) in [5.41, 5.74) is 8.39. The molecule has 1 aliphatic carbocycles. The maximum Gasteiger partial charge on any atom is 0.169 e. The van der Waals surface area contributed by atoms with Crippen molar-refractivity contribution in [2.24, 2.45) is 0 Å². The van der Waals surface area contributed by atoms with E-state index >= 15 is 0 Å². The maximum atomic E-state index is 4.71. The average Bonchev–Trinajstić information content (AvgIpc) is 3.38. The van der Waals surface area contributed by atoms with Crippen LogP contribution in [0.4, 0.5) is 0 Å². The molecule has 0 N–H and O–H groups in total. The van der Waals surface area contributed by atoms with Crippen LogP contribution in [0.2, 0.25) is 0 Å². The van der Waals surface area contributed by atoms with Crippen LogP contribution in [0.15, 0.2) is 89.4 Å². The van der Waals surface area contributed by atoms with E-state index in [0.717, 1.165) is 32.4 Å². The molecule has 3 nitrogen and oxygen atoms in total. The third-order valence-corrected chi connectivity index (χ3v) is 7.66. The summed E-state index contributed by atoms with van der Waals surface area (Å²) in [6.07, 6.45) is 0. The lowest BCUT2D eigenvalue weighted by molar-refractivity contribution is 0.660. The van der Waals surface area contributed by atoms with Crippen LogP contribution in [0, 0.1) is 0 Å². The molecule has 0 atom stereocenters. The van der Waals surface area contributed by atoms with Crippen LogP contribution < -0.4 is 0 Å². The van der Waals surface area contributed by atoms with Gasteiger partial charge < -0.3 is 0 Å². The summed E-state index contributed by atoms with van der Waals surface area (Å²) in [6, 6.07) is 30.3. The number of aromatic nitrogens is 3. The summed E-state index contributed by atoms with van der Waals surface area (Å²) < 4.78 is 3.27. The molecule has 4 heteroatoms. The van der Waals surface area contributed by atoms with Crippen molar-refractivity contribution in [1.82, 2.24) is 14.6 Å². The van der Waals surface area contributed by atoms with Crippen molar-refractivity contribution in [2.45, 2.75) is 19.3 Å². The monoisotopic (exact) mass is 489 g/mol. The highest BCUT2D eigenvalue weighted by atomic mass is 79.9. The SMILES string of the molecule is CC1(C)c2ccccc2-c2ccc(-c3nnc4c5ccccc5c5cc(Br)ccc5n34)cc21. The third-order valence-electron chi connectivity index (χ3n) is 7.16. The fourth-order valence-corrected chi connectivity index (χ4v) is 5.91. The Labute approximate surface area is 199 Å². The molecule has 2 heterocycles. The van der Waals surface area contributed by atoms with E-state index in [9.17, 15) is 0 Å². The summed E-state index contributed by atoms with van der Waals surface area (Å²) in [6.45, 7) is 4.62. The number of pyridine rings is 1. The van der Waals surface area contributed by atoms with Gasteiger partial charge in [0, 0.05) is 26.2 Å². The molecule has 33 heavy (non-hydrogen) atoms. The summed E-state index contributed by atoms with van der Waals surface area (Å²) in [4.78, 5) is 0. The van der Waals surface area contributed by atoms with Gasteiger partial charge in [0.25, 0.3) is 0 Å². The van der Waals surface area contributed by atoms with Crippen LogP contribution in [0.3, 0.4) is 0 Å². The summed E-state index contributed by atoms with van der Waals surface area (Å²) in [5, 5.41) is 12.9. The Bertz CT molecular complexity index is 1760. The van der Waals surface area contributed by atoms with Crippen LogP contribution >= 0.6 is 15.9 Å². The minimum Gasteiger partial charge on any atom is -0.274 e. The van der Waals surface area contributed by atoms with Gasteiger partial charge in [-0.25, -0.2) is 0 Å². The lowest BCUT2D eigenvalue weighted by atomic mass is 9.82. The molecule has 0 aliphatic heterocycles. The Morgan fingerprint density at radius 2 is 1.45 bits per heavy atom. The molecule has 0 saturated heterocycles. The van der Waals surface area contributed by atoms with Gasteiger partial charge in [0.2, 0.25) is 0 Å². The highest BCUT2D eigenvalue weighted by molar-refractivity contribution is 9.10. The standard InChI is InChI=1S/C29H20BrN3/c1-29(2)24-10-6-5-8-20(24)21-13-11-17(15-25(21)29)27-31-32-28-22-9-4-3-7-19(22)23-16-18(30)12-14-26(23)33(27)28/h3-16H,1-2H3. The molecule has 1 aliphatic rings. The topological polar surface area (TPSA) is 30.2 Å². The predicted molar refractivity (Wildman–Crippen MR) is 139 cm³/mol. The summed E-state index contributed by atoms with van der Waals surface area (Å²) in [5.74, 6) is 0.873. The van der Waals surface area contributed by atoms with Crippen LogP contribution in [0.5, 0.6) is 0 Å². The van der Waals surface area contributed by atoms with Crippen molar-refractivity contribution in [3.05, 3.63) is 101 Å². The number of fused-ring (bicyclic) bond motifs is 9. The van der Waals surface area contributed by atoms with E-state index in [4.69, 9.17) is 5.10 Å². The van der Waals surface area contributed by atoms with Crippen molar-refractivity contribution >= 4 is 43.3 Å². The van der Waals surface area contributed by atoms with E-state index in [1.165, 1.54) is 33.0 Å². The molecule has 0 spiro atoms. The Hall–Kier alpha value is -3.50. The summed E-state index contributed by atoms with van der Waals surface area (Å²) in [7, 11) is 0. The Kier molecular flexibility index (Phi) is 3.76. The van der Waals surface area contributed by atoms with Gasteiger partial charge in [0.15, 0.2) is 11.5 Å². The van der Waals surface area contributed by atoms with Gasteiger partial charge in [-0.1, -0.05) is 90.4 Å². The molecule has 158 valence electrons. The first-order valence-electron chi connectivity index (χ1n) is 11.1. The van der Waals surface area contributed by atoms with Crippen LogP contribution in [-0.2, 0) is 5.41 Å². The molecule has 0 saturated carbocycles. The van der Waals surface area contributed by atoms with Gasteiger partial charge in [-0.05, 0) is 51.9 Å². The molecule has 4 aromatic carbocycles. The van der Waals surface area contributed by atoms with Gasteiger partial charge in [0.1, 0.15) is 0 Å². The molecule has 0 unspecified atom stereocenters. The number of hydrogen-bond donors (Lipinski definition) is 0. The molecular formula is C29H20BrN3. The molecule has 7 rings (SSSR count). The van der Waals surface area contributed by atoms with E-state index < -0.39 is 0 Å². The van der Waals surface area contributed by atoms with Gasteiger partial charge in [-0.3, -0.25) is 4.40 Å². The Morgan fingerprint density at radius 1 is 0.697 bits per heavy atom. The average molecular weight is 490 g/mol. The van der Waals surface area contributed by atoms with Crippen molar-refractivity contribution in [2.75, 3.05) is 0 Å². The van der Waals surface area contributed by atoms with Crippen molar-refractivity contribution in [3.8, 4) is 22.5 Å². The molecule has 0 bridgehead atoms. The first-order valence-corrected chi connectivity index (χ1v) is 11.9. The zero-order valence-electron chi connectivity index (χ0n) is 18.3. The third kappa shape index (κ3) is 2.50. The van der Waals surface area contributed by atoms with E-state index in [2.05, 4.69) is 124 Å². The number of halogens is 1.